The number of aliphatic hydroxyl groups excluding tert-OH is 1. The second-order valence-electron chi connectivity index (χ2n) is 2.66. The van der Waals surface area contributed by atoms with Gasteiger partial charge in [0.15, 0.2) is 0 Å². The summed E-state index contributed by atoms with van der Waals surface area (Å²) in [5.41, 5.74) is -0.562. The molecule has 4 heteroatoms. The van der Waals surface area contributed by atoms with Crippen molar-refractivity contribution in [1.82, 2.24) is 0 Å². The molecule has 0 unspecified atom stereocenters. The Hall–Kier alpha value is -1.03. The van der Waals surface area contributed by atoms with Gasteiger partial charge in [0.05, 0.1) is 5.56 Å². The van der Waals surface area contributed by atoms with Crippen LogP contribution in [0, 0.1) is 6.10 Å². The Balaban J connectivity index is 3.06. The number of benzene rings is 1. The van der Waals surface area contributed by atoms with Gasteiger partial charge in [-0.1, -0.05) is 12.1 Å². The molecule has 0 amide bonds. The van der Waals surface area contributed by atoms with Crippen LogP contribution in [0.2, 0.25) is 0 Å². The molecule has 0 fully saturated rings. The molecule has 0 spiro atoms. The minimum absolute atomic E-state index is 0.119. The lowest BCUT2D eigenvalue weighted by molar-refractivity contribution is -0.137. The third-order valence-electron chi connectivity index (χ3n) is 1.61. The highest BCUT2D eigenvalue weighted by molar-refractivity contribution is 5.31. The van der Waals surface area contributed by atoms with Crippen LogP contribution in [0.5, 0.6) is 0 Å². The lowest BCUT2D eigenvalue weighted by atomic mass is 10.1. The Morgan fingerprint density at radius 1 is 1.31 bits per heavy atom. The van der Waals surface area contributed by atoms with Gasteiger partial charge in [0, 0.05) is 0 Å². The molecule has 0 aromatic heterocycles. The molecule has 0 aliphatic carbocycles. The van der Waals surface area contributed by atoms with Crippen LogP contribution in [0.15, 0.2) is 24.3 Å². The average molecular weight is 189 g/mol. The second-order valence-corrected chi connectivity index (χ2v) is 2.66. The molecular formula is C9H8F3O. The molecule has 71 valence electrons. The van der Waals surface area contributed by atoms with Crippen LogP contribution in [0.4, 0.5) is 13.2 Å². The zero-order valence-corrected chi connectivity index (χ0v) is 6.89. The lowest BCUT2D eigenvalue weighted by Crippen LogP contribution is -2.06. The minimum Gasteiger partial charge on any atom is -0.382 e. The summed E-state index contributed by atoms with van der Waals surface area (Å²) in [5, 5.41) is 8.96. The molecule has 1 rings (SSSR count). The average Bonchev–Trinajstić information content (AvgIpc) is 2.03. The van der Waals surface area contributed by atoms with Crippen molar-refractivity contribution in [2.75, 3.05) is 0 Å². The van der Waals surface area contributed by atoms with Crippen molar-refractivity contribution >= 4 is 0 Å². The van der Waals surface area contributed by atoms with E-state index in [1.165, 1.54) is 19.1 Å². The van der Waals surface area contributed by atoms with Crippen molar-refractivity contribution in [2.24, 2.45) is 0 Å². The first-order chi connectivity index (χ1) is 5.91. The van der Waals surface area contributed by atoms with Crippen LogP contribution < -0.4 is 0 Å². The van der Waals surface area contributed by atoms with E-state index in [2.05, 4.69) is 0 Å². The van der Waals surface area contributed by atoms with Crippen LogP contribution in [0.25, 0.3) is 0 Å². The van der Waals surface area contributed by atoms with E-state index >= 15 is 0 Å². The van der Waals surface area contributed by atoms with Crippen LogP contribution in [0.3, 0.4) is 0 Å². The van der Waals surface area contributed by atoms with Gasteiger partial charge in [0.25, 0.3) is 0 Å². The molecule has 1 nitrogen and oxygen atoms in total. The molecular weight excluding hydrogens is 181 g/mol. The summed E-state index contributed by atoms with van der Waals surface area (Å²) in [6, 6.07) is 4.56. The minimum atomic E-state index is -4.36. The molecule has 0 saturated carbocycles. The Labute approximate surface area is 73.8 Å². The van der Waals surface area contributed by atoms with E-state index in [0.29, 0.717) is 0 Å². The van der Waals surface area contributed by atoms with Gasteiger partial charge in [0.2, 0.25) is 0 Å². The number of halogens is 3. The number of rotatable bonds is 1. The van der Waals surface area contributed by atoms with E-state index in [-0.39, 0.29) is 11.7 Å². The molecule has 0 atom stereocenters. The number of alkyl halides is 3. The smallest absolute Gasteiger partial charge is 0.382 e. The van der Waals surface area contributed by atoms with Crippen molar-refractivity contribution in [1.29, 1.82) is 0 Å². The van der Waals surface area contributed by atoms with Crippen LogP contribution >= 0.6 is 0 Å². The summed E-state index contributed by atoms with van der Waals surface area (Å²) in [7, 11) is 0. The van der Waals surface area contributed by atoms with E-state index in [4.69, 9.17) is 5.11 Å². The molecule has 0 saturated heterocycles. The highest BCUT2D eigenvalue weighted by Gasteiger charge is 2.30. The van der Waals surface area contributed by atoms with Gasteiger partial charge in [-0.2, -0.15) is 13.2 Å². The third kappa shape index (κ3) is 2.45. The van der Waals surface area contributed by atoms with Gasteiger partial charge < -0.3 is 5.11 Å². The van der Waals surface area contributed by atoms with E-state index in [0.717, 1.165) is 12.1 Å². The Morgan fingerprint density at radius 2 is 1.92 bits per heavy atom. The van der Waals surface area contributed by atoms with Crippen LogP contribution in [-0.4, -0.2) is 5.11 Å². The summed E-state index contributed by atoms with van der Waals surface area (Å²) in [4.78, 5) is 0. The maximum atomic E-state index is 12.1. The van der Waals surface area contributed by atoms with Crippen LogP contribution in [-0.2, 0) is 6.18 Å². The van der Waals surface area contributed by atoms with Crippen LogP contribution in [0.1, 0.15) is 18.1 Å². The Morgan fingerprint density at radius 3 is 2.38 bits per heavy atom. The van der Waals surface area contributed by atoms with Gasteiger partial charge in [0.1, 0.15) is 6.10 Å². The number of hydrogen-bond acceptors (Lipinski definition) is 1. The molecule has 1 aromatic rings. The fraction of sp³-hybridized carbons (Fsp3) is 0.222. The van der Waals surface area contributed by atoms with Crippen molar-refractivity contribution < 1.29 is 18.3 Å². The largest absolute Gasteiger partial charge is 0.416 e. The van der Waals surface area contributed by atoms with E-state index in [1.807, 2.05) is 0 Å². The first-order valence-corrected chi connectivity index (χ1v) is 3.61. The summed E-state index contributed by atoms with van der Waals surface area (Å²) in [5.74, 6) is 0. The molecule has 0 bridgehead atoms. The summed E-state index contributed by atoms with van der Waals surface area (Å²) < 4.78 is 36.4. The SMILES string of the molecule is C[C](O)c1cccc(C(F)(F)F)c1. The van der Waals surface area contributed by atoms with Gasteiger partial charge in [-0.3, -0.25) is 0 Å². The van der Waals surface area contributed by atoms with Gasteiger partial charge in [-0.05, 0) is 24.6 Å². The van der Waals surface area contributed by atoms with Crippen molar-refractivity contribution in [3.8, 4) is 0 Å². The van der Waals surface area contributed by atoms with E-state index in [9.17, 15) is 13.2 Å². The first kappa shape index (κ1) is 10.1. The van der Waals surface area contributed by atoms with E-state index < -0.39 is 11.7 Å². The summed E-state index contributed by atoms with van der Waals surface area (Å²) in [6.45, 7) is 1.34. The maximum Gasteiger partial charge on any atom is 0.416 e. The standard InChI is InChI=1S/C9H8F3O/c1-6(13)7-3-2-4-8(5-7)9(10,11)12/h2-5,13H,1H3. The Bertz CT molecular complexity index is 291. The zero-order chi connectivity index (χ0) is 10.1. The van der Waals surface area contributed by atoms with E-state index in [1.54, 1.807) is 0 Å². The number of aliphatic hydroxyl groups is 1. The maximum absolute atomic E-state index is 12.1. The van der Waals surface area contributed by atoms with Crippen molar-refractivity contribution in [2.45, 2.75) is 13.1 Å². The molecule has 0 heterocycles. The third-order valence-corrected chi connectivity index (χ3v) is 1.61. The fourth-order valence-corrected chi connectivity index (χ4v) is 0.921. The summed E-state index contributed by atoms with van der Waals surface area (Å²) in [6.07, 6.45) is -4.48. The first-order valence-electron chi connectivity index (χ1n) is 3.61. The normalized spacial score (nSPS) is 12.2. The Kier molecular flexibility index (Phi) is 2.61. The quantitative estimate of drug-likeness (QED) is 0.720. The molecule has 0 aliphatic heterocycles. The highest BCUT2D eigenvalue weighted by Crippen LogP contribution is 2.30. The van der Waals surface area contributed by atoms with Gasteiger partial charge in [-0.25, -0.2) is 0 Å². The van der Waals surface area contributed by atoms with Gasteiger partial charge in [-0.15, -0.1) is 0 Å². The molecule has 1 N–H and O–H groups in total. The molecule has 1 radical (unpaired) electrons. The monoisotopic (exact) mass is 189 g/mol. The predicted octanol–water partition coefficient (Wildman–Crippen LogP) is 2.98. The highest BCUT2D eigenvalue weighted by atomic mass is 19.4. The van der Waals surface area contributed by atoms with Crippen molar-refractivity contribution in [3.63, 3.8) is 0 Å². The fourth-order valence-electron chi connectivity index (χ4n) is 0.921. The molecule has 0 aliphatic rings. The lowest BCUT2D eigenvalue weighted by Gasteiger charge is -2.09. The zero-order valence-electron chi connectivity index (χ0n) is 6.89. The predicted molar refractivity (Wildman–Crippen MR) is 41.4 cm³/mol. The second kappa shape index (κ2) is 3.38. The molecule has 13 heavy (non-hydrogen) atoms. The van der Waals surface area contributed by atoms with Crippen molar-refractivity contribution in [3.05, 3.63) is 41.5 Å². The topological polar surface area (TPSA) is 20.2 Å². The van der Waals surface area contributed by atoms with Gasteiger partial charge >= 0.3 is 6.18 Å². The summed E-state index contributed by atoms with van der Waals surface area (Å²) >= 11 is 0. The number of hydrogen-bond donors (Lipinski definition) is 1. The molecule has 1 aromatic carbocycles.